The van der Waals surface area contributed by atoms with E-state index in [9.17, 15) is 30.3 Å². The third-order valence-corrected chi connectivity index (χ3v) is 2.61. The minimum Gasteiger partial charge on any atom is -0.504 e. The second kappa shape index (κ2) is 5.00. The van der Waals surface area contributed by atoms with E-state index in [2.05, 4.69) is 0 Å². The largest absolute Gasteiger partial charge is 0.504 e. The van der Waals surface area contributed by atoms with Crippen LogP contribution in [-0.4, -0.2) is 36.6 Å². The third kappa shape index (κ3) is 2.54. The minimum absolute atomic E-state index is 0.359. The fourth-order valence-electron chi connectivity index (χ4n) is 1.55. The summed E-state index contributed by atoms with van der Waals surface area (Å²) in [4.78, 5) is 10.9. The molecule has 0 fully saturated rings. The third-order valence-electron chi connectivity index (χ3n) is 2.61. The number of carbonyl (C=O) groups is 1. The molecular weight excluding hydrogens is 284 g/mol. The number of aromatic carboxylic acids is 1. The number of carboxylic acid groups (broad SMARTS) is 1. The molecular formula is C13H10O8. The van der Waals surface area contributed by atoms with Gasteiger partial charge in [0.25, 0.3) is 0 Å². The lowest BCUT2D eigenvalue weighted by atomic mass is 10.2. The average molecular weight is 294 g/mol. The van der Waals surface area contributed by atoms with Crippen LogP contribution >= 0.6 is 0 Å². The van der Waals surface area contributed by atoms with Crippen LogP contribution in [0.25, 0.3) is 0 Å². The van der Waals surface area contributed by atoms with Gasteiger partial charge < -0.3 is 35.4 Å². The monoisotopic (exact) mass is 294 g/mol. The predicted molar refractivity (Wildman–Crippen MR) is 68.2 cm³/mol. The number of rotatable bonds is 3. The fourth-order valence-corrected chi connectivity index (χ4v) is 1.55. The molecule has 0 aliphatic carbocycles. The lowest BCUT2D eigenvalue weighted by molar-refractivity contribution is 0.0696. The van der Waals surface area contributed by atoms with Crippen molar-refractivity contribution in [2.75, 3.05) is 0 Å². The highest BCUT2D eigenvalue weighted by molar-refractivity contribution is 5.89. The minimum atomic E-state index is -1.37. The lowest BCUT2D eigenvalue weighted by Gasteiger charge is -2.12. The molecule has 0 spiro atoms. The molecule has 0 saturated heterocycles. The molecule has 0 aliphatic rings. The maximum Gasteiger partial charge on any atom is 0.335 e. The maximum absolute atomic E-state index is 10.9. The van der Waals surface area contributed by atoms with E-state index >= 15 is 0 Å². The van der Waals surface area contributed by atoms with Crippen LogP contribution in [-0.2, 0) is 0 Å². The van der Waals surface area contributed by atoms with Crippen LogP contribution in [0.15, 0.2) is 24.3 Å². The van der Waals surface area contributed by atoms with Crippen molar-refractivity contribution in [3.05, 3.63) is 29.8 Å². The maximum atomic E-state index is 10.9. The molecule has 0 atom stereocenters. The van der Waals surface area contributed by atoms with Gasteiger partial charge in [0.15, 0.2) is 23.0 Å². The van der Waals surface area contributed by atoms with E-state index in [4.69, 9.17) is 9.84 Å². The van der Waals surface area contributed by atoms with E-state index in [1.54, 1.807) is 0 Å². The van der Waals surface area contributed by atoms with Crippen molar-refractivity contribution in [1.82, 2.24) is 0 Å². The molecule has 0 unspecified atom stereocenters. The van der Waals surface area contributed by atoms with Gasteiger partial charge in [-0.1, -0.05) is 0 Å². The van der Waals surface area contributed by atoms with Crippen molar-refractivity contribution in [2.45, 2.75) is 0 Å². The van der Waals surface area contributed by atoms with Crippen molar-refractivity contribution in [1.29, 1.82) is 0 Å². The molecule has 110 valence electrons. The van der Waals surface area contributed by atoms with Crippen molar-refractivity contribution in [3.63, 3.8) is 0 Å². The normalized spacial score (nSPS) is 10.3. The number of phenols is 5. The van der Waals surface area contributed by atoms with E-state index in [0.717, 1.165) is 24.3 Å². The molecule has 2 aromatic carbocycles. The number of hydrogen-bond acceptors (Lipinski definition) is 7. The molecule has 21 heavy (non-hydrogen) atoms. The van der Waals surface area contributed by atoms with Gasteiger partial charge in [0.2, 0.25) is 17.2 Å². The molecule has 0 bridgehead atoms. The fraction of sp³-hybridized carbons (Fsp3) is 0. The van der Waals surface area contributed by atoms with Gasteiger partial charge in [-0.05, 0) is 24.3 Å². The highest BCUT2D eigenvalue weighted by atomic mass is 16.5. The molecule has 8 heteroatoms. The summed E-state index contributed by atoms with van der Waals surface area (Å²) >= 11 is 0. The highest BCUT2D eigenvalue weighted by Gasteiger charge is 2.18. The second-order valence-electron chi connectivity index (χ2n) is 4.03. The first kappa shape index (κ1) is 14.1. The molecule has 0 radical (unpaired) electrons. The first-order chi connectivity index (χ1) is 9.81. The Morgan fingerprint density at radius 1 is 0.810 bits per heavy atom. The number of aromatic hydroxyl groups is 5. The molecule has 6 N–H and O–H groups in total. The first-order valence-electron chi connectivity index (χ1n) is 5.52. The van der Waals surface area contributed by atoms with E-state index < -0.39 is 40.5 Å². The molecule has 0 saturated carbocycles. The molecule has 2 rings (SSSR count). The van der Waals surface area contributed by atoms with Crippen molar-refractivity contribution < 1.29 is 40.2 Å². The van der Waals surface area contributed by atoms with Gasteiger partial charge in [0.1, 0.15) is 0 Å². The van der Waals surface area contributed by atoms with Gasteiger partial charge in [-0.2, -0.15) is 0 Å². The zero-order chi connectivity index (χ0) is 15.7. The summed E-state index contributed by atoms with van der Waals surface area (Å²) in [5.74, 6) is -5.89. The Bertz CT molecular complexity index is 723. The standard InChI is InChI=1S/C13H10O8/c14-6-1-2-8(12(18)11(6)17)21-9-4-5(13(19)20)3-7(15)10(9)16/h1-4,14-18H,(H,19,20). The van der Waals surface area contributed by atoms with Gasteiger partial charge in [-0.15, -0.1) is 0 Å². The van der Waals surface area contributed by atoms with Crippen LogP contribution in [0.4, 0.5) is 0 Å². The molecule has 0 aromatic heterocycles. The Kier molecular flexibility index (Phi) is 3.37. The Balaban J connectivity index is 2.49. The van der Waals surface area contributed by atoms with Crippen molar-refractivity contribution in [2.24, 2.45) is 0 Å². The van der Waals surface area contributed by atoms with Gasteiger partial charge in [-0.3, -0.25) is 0 Å². The van der Waals surface area contributed by atoms with E-state index in [1.807, 2.05) is 0 Å². The Morgan fingerprint density at radius 2 is 1.48 bits per heavy atom. The van der Waals surface area contributed by atoms with Gasteiger partial charge in [0, 0.05) is 0 Å². The highest BCUT2D eigenvalue weighted by Crippen LogP contribution is 2.46. The molecule has 8 nitrogen and oxygen atoms in total. The van der Waals surface area contributed by atoms with Crippen molar-refractivity contribution in [3.8, 4) is 40.2 Å². The summed E-state index contributed by atoms with van der Waals surface area (Å²) in [6.45, 7) is 0. The molecule has 0 amide bonds. The van der Waals surface area contributed by atoms with Crippen LogP contribution in [0.1, 0.15) is 10.4 Å². The summed E-state index contributed by atoms with van der Waals surface area (Å²) < 4.78 is 5.05. The van der Waals surface area contributed by atoms with E-state index in [0.29, 0.717) is 0 Å². The number of ether oxygens (including phenoxy) is 1. The summed E-state index contributed by atoms with van der Waals surface area (Å²) in [6.07, 6.45) is 0. The van der Waals surface area contributed by atoms with Gasteiger partial charge >= 0.3 is 5.97 Å². The number of carboxylic acids is 1. The quantitative estimate of drug-likeness (QED) is 0.469. The smallest absolute Gasteiger partial charge is 0.335 e. The van der Waals surface area contributed by atoms with Crippen LogP contribution in [0.2, 0.25) is 0 Å². The Morgan fingerprint density at radius 3 is 2.10 bits per heavy atom. The zero-order valence-corrected chi connectivity index (χ0v) is 10.3. The van der Waals surface area contributed by atoms with E-state index in [1.165, 1.54) is 0 Å². The topological polar surface area (TPSA) is 148 Å². The van der Waals surface area contributed by atoms with Gasteiger partial charge in [-0.25, -0.2) is 4.79 Å². The second-order valence-corrected chi connectivity index (χ2v) is 4.03. The lowest BCUT2D eigenvalue weighted by Crippen LogP contribution is -1.97. The first-order valence-corrected chi connectivity index (χ1v) is 5.52. The predicted octanol–water partition coefficient (Wildman–Crippen LogP) is 1.71. The molecule has 2 aromatic rings. The van der Waals surface area contributed by atoms with Crippen molar-refractivity contribution >= 4 is 5.97 Å². The number of benzene rings is 2. The zero-order valence-electron chi connectivity index (χ0n) is 10.3. The summed E-state index contributed by atoms with van der Waals surface area (Å²) in [6, 6.07) is 3.83. The van der Waals surface area contributed by atoms with E-state index in [-0.39, 0.29) is 11.3 Å². The average Bonchev–Trinajstić information content (AvgIpc) is 2.43. The van der Waals surface area contributed by atoms with Crippen LogP contribution in [0, 0.1) is 0 Å². The summed E-state index contributed by atoms with van der Waals surface area (Å²) in [5.41, 5.74) is -0.359. The van der Waals surface area contributed by atoms with Crippen LogP contribution < -0.4 is 4.74 Å². The number of hydrogen-bond donors (Lipinski definition) is 6. The Labute approximate surface area is 117 Å². The summed E-state index contributed by atoms with van der Waals surface area (Å²) in [7, 11) is 0. The Hall–Kier alpha value is -3.29. The molecule has 0 aliphatic heterocycles. The van der Waals surface area contributed by atoms with Crippen LogP contribution in [0.5, 0.6) is 40.2 Å². The SMILES string of the molecule is O=C(O)c1cc(O)c(O)c(Oc2ccc(O)c(O)c2O)c1. The van der Waals surface area contributed by atoms with Gasteiger partial charge in [0.05, 0.1) is 5.56 Å². The van der Waals surface area contributed by atoms with Crippen LogP contribution in [0.3, 0.4) is 0 Å². The molecule has 0 heterocycles. The number of phenolic OH excluding ortho intramolecular Hbond substituents is 5. The summed E-state index contributed by atoms with van der Waals surface area (Å²) in [5, 5.41) is 56.0.